The van der Waals surface area contributed by atoms with Crippen molar-refractivity contribution < 1.29 is 54.0 Å². The number of amides is 5. The maximum Gasteiger partial charge on any atom is 0.501 e. The number of nitrogens with zero attached hydrogens (tertiary/aromatic N) is 5. The van der Waals surface area contributed by atoms with Crippen molar-refractivity contribution in [2.45, 2.75) is 106 Å². The van der Waals surface area contributed by atoms with Crippen molar-refractivity contribution in [3.63, 3.8) is 0 Å². The van der Waals surface area contributed by atoms with Crippen LogP contribution >= 0.6 is 11.6 Å². The second-order valence-corrected chi connectivity index (χ2v) is 27.0. The van der Waals surface area contributed by atoms with Crippen LogP contribution in [0.3, 0.4) is 0 Å². The second kappa shape index (κ2) is 23.2. The molecule has 432 valence electrons. The SMILES string of the molecule is CC1(C)CCC(c2ccc(Cl)cc2)=C(CN2CCN(c3ccc(C(=O)NS(=O)(=O)c4ccc(NCC5CCC(N6CCN(Cc7ccc8c(c7)C(=O)N(C7CCC(=O)NC7=O)C8=O)CC6)CC5)c(S(=O)(=O)C(F)(F)F)c4)cc3)CC2)C1. The molecule has 1 atom stereocenters. The van der Waals surface area contributed by atoms with Gasteiger partial charge in [0, 0.05) is 101 Å². The highest BCUT2D eigenvalue weighted by atomic mass is 35.5. The topological polar surface area (TPSA) is 206 Å². The fraction of sp³-hybridized carbons (Fsp3) is 0.466. The number of halogens is 4. The molecule has 0 aromatic heterocycles. The minimum Gasteiger partial charge on any atom is -0.384 e. The summed E-state index contributed by atoms with van der Waals surface area (Å²) in [5.41, 5.74) is 0.178. The van der Waals surface area contributed by atoms with Crippen LogP contribution in [-0.4, -0.2) is 149 Å². The predicted octanol–water partition coefficient (Wildman–Crippen LogP) is 7.73. The van der Waals surface area contributed by atoms with E-state index < -0.39 is 76.4 Å². The first kappa shape index (κ1) is 58.0. The summed E-state index contributed by atoms with van der Waals surface area (Å²) in [6.07, 6.45) is 6.23. The normalized spacial score (nSPS) is 22.7. The summed E-state index contributed by atoms with van der Waals surface area (Å²) in [7, 11) is -10.9. The number of piperidine rings is 1. The molecule has 1 saturated carbocycles. The lowest BCUT2D eigenvalue weighted by molar-refractivity contribution is -0.136. The minimum atomic E-state index is -6.05. The Morgan fingerprint density at radius 2 is 1.40 bits per heavy atom. The number of hydrogen-bond acceptors (Lipinski definition) is 14. The highest BCUT2D eigenvalue weighted by Gasteiger charge is 2.49. The number of rotatable bonds is 15. The van der Waals surface area contributed by atoms with Gasteiger partial charge in [0.15, 0.2) is 0 Å². The number of hydrogen-bond donors (Lipinski definition) is 3. The molecule has 4 aromatic carbocycles. The van der Waals surface area contributed by atoms with Crippen molar-refractivity contribution in [1.29, 1.82) is 0 Å². The van der Waals surface area contributed by atoms with Crippen LogP contribution in [0.15, 0.2) is 100 Å². The number of nitrogens with one attached hydrogen (secondary N) is 3. The Balaban J connectivity index is 0.700. The highest BCUT2D eigenvalue weighted by molar-refractivity contribution is 7.92. The summed E-state index contributed by atoms with van der Waals surface area (Å²) in [6.45, 7) is 12.2. The van der Waals surface area contributed by atoms with Gasteiger partial charge in [-0.2, -0.15) is 13.2 Å². The quantitative estimate of drug-likeness (QED) is 0.0975. The number of sulfone groups is 1. The predicted molar refractivity (Wildman–Crippen MR) is 300 cm³/mol. The van der Waals surface area contributed by atoms with E-state index in [2.05, 4.69) is 56.2 Å². The lowest BCUT2D eigenvalue weighted by atomic mass is 9.73. The molecule has 4 aliphatic heterocycles. The molecule has 5 amide bonds. The molecule has 81 heavy (non-hydrogen) atoms. The Hall–Kier alpha value is -6.17. The summed E-state index contributed by atoms with van der Waals surface area (Å²) in [5.74, 6) is -3.28. The van der Waals surface area contributed by atoms with Gasteiger partial charge in [-0.15, -0.1) is 0 Å². The van der Waals surface area contributed by atoms with Crippen LogP contribution in [0.2, 0.25) is 5.02 Å². The third kappa shape index (κ3) is 12.8. The molecule has 0 radical (unpaired) electrons. The van der Waals surface area contributed by atoms with Crippen LogP contribution in [0.25, 0.3) is 5.57 Å². The van der Waals surface area contributed by atoms with Crippen LogP contribution < -0.4 is 20.3 Å². The number of alkyl halides is 3. The van der Waals surface area contributed by atoms with Gasteiger partial charge in [0.25, 0.3) is 37.6 Å². The molecule has 3 saturated heterocycles. The Labute approximate surface area is 475 Å². The molecule has 10 rings (SSSR count). The Kier molecular flexibility index (Phi) is 16.6. The monoisotopic (exact) mass is 1170 g/mol. The molecule has 23 heteroatoms. The summed E-state index contributed by atoms with van der Waals surface area (Å²) in [6, 6.07) is 21.1. The molecule has 3 N–H and O–H groups in total. The number of benzene rings is 4. The first-order chi connectivity index (χ1) is 38.4. The van der Waals surface area contributed by atoms with E-state index in [0.29, 0.717) is 30.5 Å². The van der Waals surface area contributed by atoms with E-state index >= 15 is 0 Å². The van der Waals surface area contributed by atoms with Gasteiger partial charge in [-0.05, 0) is 146 Å². The maximum atomic E-state index is 14.2. The van der Waals surface area contributed by atoms with Gasteiger partial charge >= 0.3 is 5.51 Å². The first-order valence-corrected chi connectivity index (χ1v) is 30.9. The third-order valence-corrected chi connectivity index (χ3v) is 20.1. The largest absolute Gasteiger partial charge is 0.501 e. The maximum absolute atomic E-state index is 14.2. The van der Waals surface area contributed by atoms with Gasteiger partial charge in [-0.1, -0.05) is 49.2 Å². The number of carbonyl (C=O) groups excluding carboxylic acids is 5. The van der Waals surface area contributed by atoms with Crippen molar-refractivity contribution in [2.75, 3.05) is 75.7 Å². The molecule has 2 aliphatic carbocycles. The number of fused-ring (bicyclic) bond motifs is 1. The number of allylic oxidation sites excluding steroid dienone is 1. The van der Waals surface area contributed by atoms with E-state index in [1.165, 1.54) is 28.8 Å². The van der Waals surface area contributed by atoms with Crippen LogP contribution in [-0.2, 0) is 36.0 Å². The van der Waals surface area contributed by atoms with Gasteiger partial charge in [-0.3, -0.25) is 48.9 Å². The van der Waals surface area contributed by atoms with E-state index in [1.54, 1.807) is 30.3 Å². The minimum absolute atomic E-state index is 0.0179. The summed E-state index contributed by atoms with van der Waals surface area (Å²) >= 11 is 6.20. The molecule has 4 heterocycles. The van der Waals surface area contributed by atoms with Gasteiger partial charge in [0.05, 0.1) is 21.7 Å². The third-order valence-electron chi connectivity index (χ3n) is 17.0. The average molecular weight is 1180 g/mol. The summed E-state index contributed by atoms with van der Waals surface area (Å²) in [5, 5.41) is 5.78. The molecular weight excluding hydrogens is 1110 g/mol. The number of piperazine rings is 2. The zero-order valence-corrected chi connectivity index (χ0v) is 47.6. The lowest BCUT2D eigenvalue weighted by Crippen LogP contribution is -2.54. The van der Waals surface area contributed by atoms with Crippen molar-refractivity contribution in [1.82, 2.24) is 29.6 Å². The molecular formula is C58H66ClF3N8O9S2. The van der Waals surface area contributed by atoms with Crippen LogP contribution in [0.5, 0.6) is 0 Å². The first-order valence-electron chi connectivity index (χ1n) is 27.5. The summed E-state index contributed by atoms with van der Waals surface area (Å²) in [4.78, 5) is 72.2. The Morgan fingerprint density at radius 3 is 2.06 bits per heavy atom. The zero-order chi connectivity index (χ0) is 57.6. The van der Waals surface area contributed by atoms with Crippen molar-refractivity contribution in [3.8, 4) is 0 Å². The number of imide groups is 2. The fourth-order valence-corrected chi connectivity index (χ4v) is 14.5. The average Bonchev–Trinajstić information content (AvgIpc) is 3.84. The Morgan fingerprint density at radius 1 is 0.741 bits per heavy atom. The van der Waals surface area contributed by atoms with Gasteiger partial charge in [0.1, 0.15) is 10.9 Å². The van der Waals surface area contributed by atoms with Crippen LogP contribution in [0, 0.1) is 11.3 Å². The molecule has 0 spiro atoms. The van der Waals surface area contributed by atoms with Crippen LogP contribution in [0.1, 0.15) is 114 Å². The van der Waals surface area contributed by atoms with Crippen LogP contribution in [0.4, 0.5) is 24.5 Å². The van der Waals surface area contributed by atoms with Gasteiger partial charge in [-0.25, -0.2) is 21.6 Å². The Bertz CT molecular complexity index is 3370. The van der Waals surface area contributed by atoms with E-state index in [-0.39, 0.29) is 53.5 Å². The van der Waals surface area contributed by atoms with E-state index in [1.807, 2.05) is 16.9 Å². The molecule has 0 bridgehead atoms. The number of sulfonamides is 1. The second-order valence-electron chi connectivity index (χ2n) is 23.0. The van der Waals surface area contributed by atoms with E-state index in [9.17, 15) is 54.0 Å². The number of carbonyl (C=O) groups is 5. The smallest absolute Gasteiger partial charge is 0.384 e. The molecule has 17 nitrogen and oxygen atoms in total. The zero-order valence-electron chi connectivity index (χ0n) is 45.2. The van der Waals surface area contributed by atoms with Crippen molar-refractivity contribution in [2.24, 2.45) is 11.3 Å². The molecule has 6 aliphatic rings. The lowest BCUT2D eigenvalue weighted by Gasteiger charge is -2.42. The number of anilines is 2. The van der Waals surface area contributed by atoms with Crippen molar-refractivity contribution >= 4 is 77.9 Å². The molecule has 4 fully saturated rings. The summed E-state index contributed by atoms with van der Waals surface area (Å²) < 4.78 is 97.6. The van der Waals surface area contributed by atoms with Gasteiger partial charge < -0.3 is 10.2 Å². The molecule has 1 unspecified atom stereocenters. The van der Waals surface area contributed by atoms with E-state index in [4.69, 9.17) is 11.6 Å². The standard InChI is InChI=1S/C58H66ClF3N8O9S2/c1-57(2)22-21-46(39-6-10-42(59)11-7-39)41(33-57)36-67-25-29-69(30-26-67)44-14-8-40(9-15-44)53(72)65-81(78,79)45-16-18-49(51(32-45)80(76,77)58(60,61)62)63-34-37-3-12-43(13-4-37)68-27-23-66(24-28-68)35-38-5-17-47-48(31-38)56(75)70(55(47)74)50-19-20-52(71)64-54(50)73/h5-11,14-18,31-32,37,43,50,63H,3-4,12-13,19-30,33-36H2,1-2H3,(H,65,72)(H,64,71,73). The van der Waals surface area contributed by atoms with E-state index in [0.717, 1.165) is 119 Å². The van der Waals surface area contributed by atoms with Crippen molar-refractivity contribution in [3.05, 3.63) is 123 Å². The molecule has 4 aromatic rings. The fourth-order valence-electron chi connectivity index (χ4n) is 12.4. The van der Waals surface area contributed by atoms with Gasteiger partial charge in [0.2, 0.25) is 11.8 Å². The highest BCUT2D eigenvalue weighted by Crippen LogP contribution is 2.43.